The zero-order valence-corrected chi connectivity index (χ0v) is 17.2. The Morgan fingerprint density at radius 3 is 2.36 bits per heavy atom. The molecule has 0 aliphatic heterocycles. The first kappa shape index (κ1) is 24.1. The Kier molecular flexibility index (Phi) is 15.9. The highest BCUT2D eigenvalue weighted by Crippen LogP contribution is 1.92. The van der Waals surface area contributed by atoms with Crippen molar-refractivity contribution in [2.75, 3.05) is 45.6 Å². The smallest absolute Gasteiger partial charge is 0.211 e. The molecule has 0 saturated heterocycles. The van der Waals surface area contributed by atoms with Crippen LogP contribution < -0.4 is 15.4 Å². The van der Waals surface area contributed by atoms with Crippen LogP contribution in [0.25, 0.3) is 0 Å². The van der Waals surface area contributed by atoms with Crippen LogP contribution in [0, 0.1) is 5.92 Å². The molecule has 9 heteroatoms. The molecule has 0 spiro atoms. The molecule has 0 aromatic carbocycles. The van der Waals surface area contributed by atoms with Crippen LogP contribution in [0.15, 0.2) is 4.99 Å². The molecule has 7 nitrogen and oxygen atoms in total. The Labute approximate surface area is 152 Å². The van der Waals surface area contributed by atoms with E-state index < -0.39 is 10.0 Å². The molecule has 22 heavy (non-hydrogen) atoms. The minimum Gasteiger partial charge on any atom is -0.381 e. The Balaban J connectivity index is 0. The largest absolute Gasteiger partial charge is 0.381 e. The predicted molar refractivity (Wildman–Crippen MR) is 103 cm³/mol. The Bertz CT molecular complexity index is 389. The van der Waals surface area contributed by atoms with E-state index in [-0.39, 0.29) is 29.7 Å². The van der Waals surface area contributed by atoms with E-state index in [4.69, 9.17) is 4.74 Å². The van der Waals surface area contributed by atoms with Gasteiger partial charge in [0.25, 0.3) is 0 Å². The summed E-state index contributed by atoms with van der Waals surface area (Å²) in [5, 5.41) is 6.20. The number of hydrogen-bond donors (Lipinski definition) is 3. The van der Waals surface area contributed by atoms with Crippen LogP contribution in [0.3, 0.4) is 0 Å². The fourth-order valence-corrected chi connectivity index (χ4v) is 2.03. The topological polar surface area (TPSA) is 91.8 Å². The molecule has 0 aliphatic rings. The zero-order valence-electron chi connectivity index (χ0n) is 14.0. The van der Waals surface area contributed by atoms with Gasteiger partial charge in [-0.1, -0.05) is 13.8 Å². The lowest BCUT2D eigenvalue weighted by Gasteiger charge is -2.12. The van der Waals surface area contributed by atoms with Crippen molar-refractivity contribution in [2.45, 2.75) is 27.2 Å². The highest BCUT2D eigenvalue weighted by molar-refractivity contribution is 14.0. The number of guanidine groups is 1. The molecule has 0 saturated carbocycles. The van der Waals surface area contributed by atoms with Crippen LogP contribution in [-0.4, -0.2) is 60.0 Å². The molecule has 134 valence electrons. The lowest BCUT2D eigenvalue weighted by atomic mass is 10.2. The third-order valence-electron chi connectivity index (χ3n) is 2.55. The van der Waals surface area contributed by atoms with Crippen molar-refractivity contribution in [1.82, 2.24) is 15.4 Å². The first-order valence-corrected chi connectivity index (χ1v) is 9.06. The van der Waals surface area contributed by atoms with E-state index in [1.54, 1.807) is 14.0 Å². The summed E-state index contributed by atoms with van der Waals surface area (Å²) >= 11 is 0. The first-order valence-electron chi connectivity index (χ1n) is 7.41. The van der Waals surface area contributed by atoms with Crippen molar-refractivity contribution in [3.63, 3.8) is 0 Å². The monoisotopic (exact) mass is 450 g/mol. The average Bonchev–Trinajstić information content (AvgIpc) is 2.44. The van der Waals surface area contributed by atoms with Gasteiger partial charge in [-0.15, -0.1) is 24.0 Å². The second-order valence-corrected chi connectivity index (χ2v) is 7.14. The van der Waals surface area contributed by atoms with E-state index in [0.29, 0.717) is 25.0 Å². The van der Waals surface area contributed by atoms with Crippen LogP contribution in [0.1, 0.15) is 27.2 Å². The van der Waals surface area contributed by atoms with Crippen LogP contribution >= 0.6 is 24.0 Å². The Hall–Kier alpha value is -0.130. The van der Waals surface area contributed by atoms with Crippen molar-refractivity contribution >= 4 is 40.0 Å². The van der Waals surface area contributed by atoms with Crippen molar-refractivity contribution in [3.8, 4) is 0 Å². The van der Waals surface area contributed by atoms with Gasteiger partial charge in [-0.25, -0.2) is 13.1 Å². The third-order valence-corrected chi connectivity index (χ3v) is 3.96. The van der Waals surface area contributed by atoms with Crippen LogP contribution in [0.2, 0.25) is 0 Å². The summed E-state index contributed by atoms with van der Waals surface area (Å²) < 4.78 is 30.4. The van der Waals surface area contributed by atoms with Gasteiger partial charge >= 0.3 is 0 Å². The van der Waals surface area contributed by atoms with Crippen LogP contribution in [0.4, 0.5) is 0 Å². The molecule has 0 heterocycles. The van der Waals surface area contributed by atoms with Crippen molar-refractivity contribution < 1.29 is 13.2 Å². The SMILES string of the molecule is CCS(=O)(=O)NCCNC(=NC)NCCCOCC(C)C.I. The van der Waals surface area contributed by atoms with Crippen molar-refractivity contribution in [3.05, 3.63) is 0 Å². The van der Waals surface area contributed by atoms with E-state index in [1.165, 1.54) is 0 Å². The van der Waals surface area contributed by atoms with Gasteiger partial charge in [0.2, 0.25) is 10.0 Å². The lowest BCUT2D eigenvalue weighted by Crippen LogP contribution is -2.42. The number of nitrogens with one attached hydrogen (secondary N) is 3. The summed E-state index contributed by atoms with van der Waals surface area (Å²) in [6.07, 6.45) is 0.899. The molecule has 0 bridgehead atoms. The lowest BCUT2D eigenvalue weighted by molar-refractivity contribution is 0.108. The van der Waals surface area contributed by atoms with Gasteiger partial charge in [0, 0.05) is 39.9 Å². The molecule has 0 unspecified atom stereocenters. The number of sulfonamides is 1. The normalized spacial score (nSPS) is 12.1. The van der Waals surface area contributed by atoms with E-state index in [1.807, 2.05) is 0 Å². The van der Waals surface area contributed by atoms with Gasteiger partial charge in [0.15, 0.2) is 5.96 Å². The minimum atomic E-state index is -3.13. The fourth-order valence-electron chi connectivity index (χ4n) is 1.41. The summed E-state index contributed by atoms with van der Waals surface area (Å²) in [6.45, 7) is 8.95. The molecular weight excluding hydrogens is 419 g/mol. The van der Waals surface area contributed by atoms with Gasteiger partial charge in [0.05, 0.1) is 5.75 Å². The standard InChI is InChI=1S/C13H30N4O3S.HI/c1-5-21(18,19)17-9-8-16-13(14-4)15-7-6-10-20-11-12(2)3;/h12,17H,5-11H2,1-4H3,(H2,14,15,16);1H. The molecule has 0 aromatic heterocycles. The van der Waals surface area contributed by atoms with Gasteiger partial charge < -0.3 is 15.4 Å². The molecule has 3 N–H and O–H groups in total. The quantitative estimate of drug-likeness (QED) is 0.187. The van der Waals surface area contributed by atoms with Gasteiger partial charge in [-0.2, -0.15) is 0 Å². The number of nitrogens with zero attached hydrogens (tertiary/aromatic N) is 1. The maximum Gasteiger partial charge on any atom is 0.211 e. The second kappa shape index (κ2) is 14.5. The van der Waals surface area contributed by atoms with E-state index in [0.717, 1.165) is 26.2 Å². The van der Waals surface area contributed by atoms with Gasteiger partial charge in [-0.05, 0) is 19.3 Å². The van der Waals surface area contributed by atoms with Crippen molar-refractivity contribution in [1.29, 1.82) is 0 Å². The third kappa shape index (κ3) is 14.8. The summed E-state index contributed by atoms with van der Waals surface area (Å²) in [6, 6.07) is 0. The zero-order chi connectivity index (χ0) is 16.1. The Morgan fingerprint density at radius 1 is 1.18 bits per heavy atom. The molecule has 0 aromatic rings. The molecular formula is C13H31IN4O3S. The van der Waals surface area contributed by atoms with Gasteiger partial charge in [0.1, 0.15) is 0 Å². The molecule has 0 rings (SSSR count). The molecule has 0 radical (unpaired) electrons. The number of halogens is 1. The number of aliphatic imine (C=N–C) groups is 1. The van der Waals surface area contributed by atoms with E-state index >= 15 is 0 Å². The van der Waals surface area contributed by atoms with Crippen LogP contribution in [-0.2, 0) is 14.8 Å². The minimum absolute atomic E-state index is 0. The molecule has 0 aliphatic carbocycles. The average molecular weight is 450 g/mol. The highest BCUT2D eigenvalue weighted by Gasteiger charge is 2.04. The predicted octanol–water partition coefficient (Wildman–Crippen LogP) is 0.771. The fraction of sp³-hybridized carbons (Fsp3) is 0.923. The summed E-state index contributed by atoms with van der Waals surface area (Å²) in [4.78, 5) is 4.06. The maximum atomic E-state index is 11.2. The highest BCUT2D eigenvalue weighted by atomic mass is 127. The van der Waals surface area contributed by atoms with E-state index in [2.05, 4.69) is 34.2 Å². The first-order chi connectivity index (χ1) is 9.91. The number of hydrogen-bond acceptors (Lipinski definition) is 4. The second-order valence-electron chi connectivity index (χ2n) is 5.05. The Morgan fingerprint density at radius 2 is 1.82 bits per heavy atom. The molecule has 0 fully saturated rings. The number of rotatable bonds is 11. The summed E-state index contributed by atoms with van der Waals surface area (Å²) in [5.41, 5.74) is 0. The summed E-state index contributed by atoms with van der Waals surface area (Å²) in [5.74, 6) is 1.31. The molecule has 0 atom stereocenters. The molecule has 0 amide bonds. The van der Waals surface area contributed by atoms with E-state index in [9.17, 15) is 8.42 Å². The number of ether oxygens (including phenoxy) is 1. The van der Waals surface area contributed by atoms with Crippen molar-refractivity contribution in [2.24, 2.45) is 10.9 Å². The maximum absolute atomic E-state index is 11.2. The summed E-state index contributed by atoms with van der Waals surface area (Å²) in [7, 11) is -1.44. The van der Waals surface area contributed by atoms with Gasteiger partial charge in [-0.3, -0.25) is 4.99 Å². The van der Waals surface area contributed by atoms with Crippen LogP contribution in [0.5, 0.6) is 0 Å².